The number of fused-ring (bicyclic) bond motifs is 5. The zero-order valence-corrected chi connectivity index (χ0v) is 16.9. The molecule has 6 nitrogen and oxygen atoms in total. The third kappa shape index (κ3) is 2.72. The number of amides is 1. The summed E-state index contributed by atoms with van der Waals surface area (Å²) in [5.41, 5.74) is -1.31. The van der Waals surface area contributed by atoms with Crippen molar-refractivity contribution in [2.75, 3.05) is 12.4 Å². The topological polar surface area (TPSA) is 80.7 Å². The molecule has 1 amide bonds. The van der Waals surface area contributed by atoms with Crippen LogP contribution in [0.15, 0.2) is 36.5 Å². The molecule has 5 atom stereocenters. The number of aromatic nitrogens is 1. The van der Waals surface area contributed by atoms with Crippen LogP contribution >= 0.6 is 0 Å². The smallest absolute Gasteiger partial charge is 0.416 e. The molecular formula is C22H21F3N2O4. The molecule has 0 spiro atoms. The van der Waals surface area contributed by atoms with Gasteiger partial charge in [-0.15, -0.1) is 0 Å². The number of hydrogen-bond donors (Lipinski definition) is 2. The van der Waals surface area contributed by atoms with Gasteiger partial charge in [0.05, 0.1) is 36.4 Å². The van der Waals surface area contributed by atoms with Crippen molar-refractivity contribution >= 4 is 11.6 Å². The van der Waals surface area contributed by atoms with E-state index in [0.29, 0.717) is 24.3 Å². The Kier molecular flexibility index (Phi) is 4.20. The Morgan fingerprint density at radius 2 is 2.10 bits per heavy atom. The van der Waals surface area contributed by atoms with Crippen LogP contribution in [0.3, 0.4) is 0 Å². The maximum atomic E-state index is 13.5. The van der Waals surface area contributed by atoms with Crippen molar-refractivity contribution in [2.24, 2.45) is 5.41 Å². The van der Waals surface area contributed by atoms with Crippen molar-refractivity contribution in [3.05, 3.63) is 53.2 Å². The number of methoxy groups -OCH3 is 1. The molecule has 5 rings (SSSR count). The molecule has 1 aromatic heterocycles. The van der Waals surface area contributed by atoms with E-state index in [1.165, 1.54) is 13.2 Å². The van der Waals surface area contributed by atoms with Crippen molar-refractivity contribution < 1.29 is 32.5 Å². The predicted molar refractivity (Wildman–Crippen MR) is 104 cm³/mol. The lowest BCUT2D eigenvalue weighted by Gasteiger charge is -2.29. The van der Waals surface area contributed by atoms with Crippen molar-refractivity contribution in [1.29, 1.82) is 0 Å². The highest BCUT2D eigenvalue weighted by Crippen LogP contribution is 2.77. The van der Waals surface area contributed by atoms with Gasteiger partial charge in [-0.3, -0.25) is 4.79 Å². The second-order valence-electron chi connectivity index (χ2n) is 8.59. The third-order valence-electron chi connectivity index (χ3n) is 6.91. The minimum Gasteiger partial charge on any atom is -0.481 e. The summed E-state index contributed by atoms with van der Waals surface area (Å²) in [4.78, 5) is 17.6. The maximum Gasteiger partial charge on any atom is 0.416 e. The summed E-state index contributed by atoms with van der Waals surface area (Å²) >= 11 is 0. The number of aliphatic hydroxyl groups is 1. The van der Waals surface area contributed by atoms with E-state index in [1.54, 1.807) is 25.3 Å². The van der Waals surface area contributed by atoms with E-state index in [2.05, 4.69) is 10.3 Å². The highest BCUT2D eigenvalue weighted by atomic mass is 19.4. The normalized spacial score (nSPS) is 33.2. The van der Waals surface area contributed by atoms with Gasteiger partial charge in [0, 0.05) is 29.8 Å². The van der Waals surface area contributed by atoms with E-state index >= 15 is 0 Å². The van der Waals surface area contributed by atoms with E-state index < -0.39 is 46.8 Å². The van der Waals surface area contributed by atoms with Crippen LogP contribution in [0, 0.1) is 12.3 Å². The summed E-state index contributed by atoms with van der Waals surface area (Å²) in [5.74, 6) is -0.0275. The fourth-order valence-electron chi connectivity index (χ4n) is 5.59. The number of ether oxygens (including phenoxy) is 2. The molecule has 2 aromatic rings. The summed E-state index contributed by atoms with van der Waals surface area (Å²) in [6, 6.07) is 6.97. The Morgan fingerprint density at radius 3 is 2.81 bits per heavy atom. The van der Waals surface area contributed by atoms with Gasteiger partial charge in [-0.2, -0.15) is 13.2 Å². The molecule has 3 heterocycles. The number of carbonyl (C=O) groups is 1. The summed E-state index contributed by atoms with van der Waals surface area (Å²) in [5, 5.41) is 13.2. The molecule has 2 aliphatic heterocycles. The molecule has 9 heteroatoms. The number of carbonyl (C=O) groups excluding carboxylic acids is 1. The van der Waals surface area contributed by atoms with Crippen LogP contribution < -0.4 is 10.1 Å². The molecule has 2 bridgehead atoms. The van der Waals surface area contributed by atoms with Crippen LogP contribution in [0.2, 0.25) is 0 Å². The number of aryl methyl sites for hydroxylation is 1. The van der Waals surface area contributed by atoms with Crippen molar-refractivity contribution in [1.82, 2.24) is 4.98 Å². The second-order valence-corrected chi connectivity index (χ2v) is 8.59. The Labute approximate surface area is 176 Å². The van der Waals surface area contributed by atoms with Crippen molar-refractivity contribution in [3.63, 3.8) is 0 Å². The van der Waals surface area contributed by atoms with Crippen LogP contribution in [0.5, 0.6) is 5.88 Å². The van der Waals surface area contributed by atoms with Crippen LogP contribution in [0.4, 0.5) is 18.9 Å². The highest BCUT2D eigenvalue weighted by Gasteiger charge is 2.87. The first-order valence-corrected chi connectivity index (χ1v) is 9.96. The maximum absolute atomic E-state index is 13.5. The van der Waals surface area contributed by atoms with E-state index in [9.17, 15) is 23.1 Å². The van der Waals surface area contributed by atoms with Crippen molar-refractivity contribution in [2.45, 2.75) is 49.7 Å². The number of halogens is 3. The average Bonchev–Trinajstić information content (AvgIpc) is 3.20. The monoisotopic (exact) mass is 434 g/mol. The standard InChI is InChI=1S/C22H21F3N2O4/c1-11-5-13(22(23,24)25)7-14(6-11)27-19(29)21-10-20(21,18-15(28)9-16(21)31-18)12-3-4-26-17(8-12)30-2/h3-8,15-16,18,28H,9-10H2,1-2H3,(H,27,29)/t15-,16+,18-,20+,21+/m0/s1. The largest absolute Gasteiger partial charge is 0.481 e. The number of pyridine rings is 1. The fraction of sp³-hybridized carbons (Fsp3) is 0.455. The average molecular weight is 434 g/mol. The molecule has 3 aliphatic rings. The molecule has 31 heavy (non-hydrogen) atoms. The van der Waals surface area contributed by atoms with Crippen LogP contribution in [0.25, 0.3) is 0 Å². The van der Waals surface area contributed by atoms with Gasteiger partial charge < -0.3 is 19.9 Å². The van der Waals surface area contributed by atoms with Crippen LogP contribution in [-0.4, -0.2) is 41.4 Å². The molecule has 1 aliphatic carbocycles. The molecule has 1 aromatic carbocycles. The first-order valence-electron chi connectivity index (χ1n) is 9.96. The number of aliphatic hydroxyl groups excluding tert-OH is 1. The molecule has 3 fully saturated rings. The summed E-state index contributed by atoms with van der Waals surface area (Å²) < 4.78 is 50.8. The third-order valence-corrected chi connectivity index (χ3v) is 6.91. The molecule has 0 radical (unpaired) electrons. The summed E-state index contributed by atoms with van der Waals surface area (Å²) in [7, 11) is 1.48. The minimum absolute atomic E-state index is 0.0862. The Bertz CT molecular complexity index is 1070. The van der Waals surface area contributed by atoms with Gasteiger partial charge in [-0.25, -0.2) is 4.98 Å². The van der Waals surface area contributed by atoms with Gasteiger partial charge >= 0.3 is 6.18 Å². The van der Waals surface area contributed by atoms with Gasteiger partial charge in [-0.1, -0.05) is 0 Å². The number of nitrogens with zero attached hydrogens (tertiary/aromatic N) is 1. The quantitative estimate of drug-likeness (QED) is 0.773. The van der Waals surface area contributed by atoms with E-state index in [0.717, 1.165) is 17.7 Å². The lowest BCUT2D eigenvalue weighted by Crippen LogP contribution is -2.44. The first kappa shape index (κ1) is 20.3. The number of hydrogen-bond acceptors (Lipinski definition) is 5. The van der Waals surface area contributed by atoms with Gasteiger partial charge in [0.15, 0.2) is 0 Å². The molecule has 2 saturated heterocycles. The van der Waals surface area contributed by atoms with Gasteiger partial charge in [-0.05, 0) is 48.7 Å². The van der Waals surface area contributed by atoms with Crippen LogP contribution in [-0.2, 0) is 21.1 Å². The first-order chi connectivity index (χ1) is 14.6. The Morgan fingerprint density at radius 1 is 1.32 bits per heavy atom. The number of anilines is 1. The zero-order chi connectivity index (χ0) is 22.2. The minimum atomic E-state index is -4.51. The number of nitrogens with one attached hydrogen (secondary N) is 1. The van der Waals surface area contributed by atoms with E-state index in [4.69, 9.17) is 9.47 Å². The van der Waals surface area contributed by atoms with Crippen molar-refractivity contribution in [3.8, 4) is 5.88 Å². The molecule has 0 unspecified atom stereocenters. The molecular weight excluding hydrogens is 413 g/mol. The number of alkyl halides is 3. The van der Waals surface area contributed by atoms with Gasteiger partial charge in [0.2, 0.25) is 11.8 Å². The highest BCUT2D eigenvalue weighted by molar-refractivity contribution is 6.01. The van der Waals surface area contributed by atoms with Gasteiger partial charge in [0.25, 0.3) is 0 Å². The summed E-state index contributed by atoms with van der Waals surface area (Å²) in [6.07, 6.45) is -4.01. The fourth-order valence-corrected chi connectivity index (χ4v) is 5.59. The molecule has 1 saturated carbocycles. The summed E-state index contributed by atoms with van der Waals surface area (Å²) in [6.45, 7) is 1.55. The number of rotatable bonds is 4. The number of benzene rings is 1. The Balaban J connectivity index is 1.51. The SMILES string of the molecule is COc1cc([C@@]23C[C@]2(C(=O)Nc2cc(C)cc(C(F)(F)F)c2)[C@H]2C[C@H](O)[C@@H]3O2)ccn1. The molecule has 164 valence electrons. The zero-order valence-electron chi connectivity index (χ0n) is 16.9. The van der Waals surface area contributed by atoms with Crippen LogP contribution in [0.1, 0.15) is 29.5 Å². The van der Waals surface area contributed by atoms with E-state index in [-0.39, 0.29) is 5.69 Å². The molecule has 2 N–H and O–H groups in total. The lowest BCUT2D eigenvalue weighted by atomic mass is 9.74. The van der Waals surface area contributed by atoms with Gasteiger partial charge in [0.1, 0.15) is 0 Å². The Hall–Kier alpha value is -2.65. The second kappa shape index (κ2) is 6.43. The lowest BCUT2D eigenvalue weighted by molar-refractivity contribution is -0.137. The van der Waals surface area contributed by atoms with E-state index in [1.807, 2.05) is 0 Å². The predicted octanol–water partition coefficient (Wildman–Crippen LogP) is 3.22.